The van der Waals surface area contributed by atoms with Crippen LogP contribution in [0, 0.1) is 11.3 Å². The van der Waals surface area contributed by atoms with Crippen molar-refractivity contribution in [3.05, 3.63) is 66.2 Å². The number of hydrogen-bond acceptors (Lipinski definition) is 6. The average molecular weight is 375 g/mol. The summed E-state index contributed by atoms with van der Waals surface area (Å²) in [4.78, 5) is 4.59. The lowest BCUT2D eigenvalue weighted by molar-refractivity contribution is 0.331. The minimum Gasteiger partial charge on any atom is -0.497 e. The summed E-state index contributed by atoms with van der Waals surface area (Å²) in [5, 5.41) is 12.5. The second kappa shape index (κ2) is 9.28. The van der Waals surface area contributed by atoms with Crippen molar-refractivity contribution in [1.82, 2.24) is 4.98 Å². The number of aromatic nitrogens is 1. The van der Waals surface area contributed by atoms with Gasteiger partial charge < -0.3 is 19.5 Å². The average Bonchev–Trinajstić information content (AvgIpc) is 2.77. The van der Waals surface area contributed by atoms with E-state index in [1.807, 2.05) is 54.6 Å². The summed E-state index contributed by atoms with van der Waals surface area (Å²) in [5.41, 5.74) is 2.21. The molecule has 142 valence electrons. The van der Waals surface area contributed by atoms with Gasteiger partial charge in [-0.15, -0.1) is 0 Å². The Morgan fingerprint density at radius 2 is 1.46 bits per heavy atom. The van der Waals surface area contributed by atoms with Crippen molar-refractivity contribution in [3.63, 3.8) is 0 Å². The van der Waals surface area contributed by atoms with Gasteiger partial charge in [-0.05, 0) is 60.7 Å². The lowest BCUT2D eigenvalue weighted by Crippen LogP contribution is -2.13. The molecule has 0 atom stereocenters. The molecule has 1 heterocycles. The zero-order valence-corrected chi connectivity index (χ0v) is 15.8. The molecule has 0 bridgehead atoms. The van der Waals surface area contributed by atoms with Crippen LogP contribution in [0.5, 0.6) is 17.2 Å². The number of pyridine rings is 1. The van der Waals surface area contributed by atoms with E-state index in [1.165, 1.54) is 0 Å². The molecule has 0 unspecified atom stereocenters. The molecule has 2 aromatic carbocycles. The van der Waals surface area contributed by atoms with Gasteiger partial charge in [0.25, 0.3) is 0 Å². The van der Waals surface area contributed by atoms with E-state index in [0.29, 0.717) is 24.5 Å². The van der Waals surface area contributed by atoms with Crippen molar-refractivity contribution in [3.8, 4) is 34.6 Å². The van der Waals surface area contributed by atoms with Gasteiger partial charge in [0.05, 0.1) is 32.0 Å². The van der Waals surface area contributed by atoms with E-state index in [0.717, 1.165) is 28.5 Å². The lowest BCUT2D eigenvalue weighted by atomic mass is 10.1. The van der Waals surface area contributed by atoms with Gasteiger partial charge in [0.1, 0.15) is 35.7 Å². The van der Waals surface area contributed by atoms with E-state index in [1.54, 1.807) is 20.3 Å². The lowest BCUT2D eigenvalue weighted by Gasteiger charge is -2.11. The zero-order chi connectivity index (χ0) is 19.8. The Morgan fingerprint density at radius 3 is 2.07 bits per heavy atom. The molecule has 28 heavy (non-hydrogen) atoms. The minimum atomic E-state index is 0.436. The third-order valence-corrected chi connectivity index (χ3v) is 4.12. The summed E-state index contributed by atoms with van der Waals surface area (Å²) in [6.45, 7) is 0.950. The Morgan fingerprint density at radius 1 is 0.857 bits per heavy atom. The second-order valence-electron chi connectivity index (χ2n) is 5.88. The smallest absolute Gasteiger partial charge is 0.144 e. The summed E-state index contributed by atoms with van der Waals surface area (Å²) < 4.78 is 16.0. The van der Waals surface area contributed by atoms with Crippen LogP contribution in [0.1, 0.15) is 5.56 Å². The van der Waals surface area contributed by atoms with Crippen LogP contribution in [0.25, 0.3) is 11.3 Å². The molecule has 1 N–H and O–H groups in total. The number of rotatable bonds is 8. The van der Waals surface area contributed by atoms with Gasteiger partial charge in [-0.1, -0.05) is 0 Å². The normalized spacial score (nSPS) is 10.0. The summed E-state index contributed by atoms with van der Waals surface area (Å²) in [6.07, 6.45) is 0. The highest BCUT2D eigenvalue weighted by atomic mass is 16.5. The Bertz CT molecular complexity index is 948. The molecule has 6 nitrogen and oxygen atoms in total. The van der Waals surface area contributed by atoms with Crippen LogP contribution in [-0.2, 0) is 0 Å². The van der Waals surface area contributed by atoms with Crippen LogP contribution < -0.4 is 19.5 Å². The highest BCUT2D eigenvalue weighted by Gasteiger charge is 2.07. The first-order chi connectivity index (χ1) is 13.7. The largest absolute Gasteiger partial charge is 0.497 e. The van der Waals surface area contributed by atoms with E-state index in [4.69, 9.17) is 14.2 Å². The maximum atomic E-state index is 9.34. The topological polar surface area (TPSA) is 76.4 Å². The van der Waals surface area contributed by atoms with Gasteiger partial charge in [-0.25, -0.2) is 4.98 Å². The second-order valence-corrected chi connectivity index (χ2v) is 5.88. The molecule has 3 aromatic rings. The van der Waals surface area contributed by atoms with Crippen LogP contribution in [0.15, 0.2) is 60.7 Å². The van der Waals surface area contributed by atoms with Crippen LogP contribution in [0.3, 0.4) is 0 Å². The van der Waals surface area contributed by atoms with E-state index >= 15 is 0 Å². The molecular weight excluding hydrogens is 354 g/mol. The van der Waals surface area contributed by atoms with Crippen LogP contribution in [-0.4, -0.2) is 32.4 Å². The van der Waals surface area contributed by atoms with Crippen LogP contribution in [0.4, 0.5) is 5.82 Å². The monoisotopic (exact) mass is 375 g/mol. The molecular formula is C22H21N3O3. The number of nitrogens with one attached hydrogen (secondary N) is 1. The third kappa shape index (κ3) is 4.71. The molecule has 3 rings (SSSR count). The van der Waals surface area contributed by atoms with Crippen molar-refractivity contribution in [1.29, 1.82) is 5.26 Å². The molecule has 0 amide bonds. The summed E-state index contributed by atoms with van der Waals surface area (Å²) >= 11 is 0. The van der Waals surface area contributed by atoms with Gasteiger partial charge in [0.15, 0.2) is 0 Å². The molecule has 1 aromatic heterocycles. The number of anilines is 1. The third-order valence-electron chi connectivity index (χ3n) is 4.12. The predicted octanol–water partition coefficient (Wildman–Crippen LogP) is 4.13. The highest BCUT2D eigenvalue weighted by Crippen LogP contribution is 2.24. The Balaban J connectivity index is 1.64. The van der Waals surface area contributed by atoms with Gasteiger partial charge in [0.2, 0.25) is 0 Å². The number of ether oxygens (including phenoxy) is 3. The molecule has 0 spiro atoms. The van der Waals surface area contributed by atoms with E-state index < -0.39 is 0 Å². The van der Waals surface area contributed by atoms with Crippen molar-refractivity contribution in [2.45, 2.75) is 0 Å². The fourth-order valence-corrected chi connectivity index (χ4v) is 2.62. The van der Waals surface area contributed by atoms with Gasteiger partial charge in [-0.2, -0.15) is 5.26 Å². The minimum absolute atomic E-state index is 0.436. The predicted molar refractivity (Wildman–Crippen MR) is 108 cm³/mol. The summed E-state index contributed by atoms with van der Waals surface area (Å²) in [7, 11) is 3.25. The van der Waals surface area contributed by atoms with Crippen molar-refractivity contribution in [2.75, 3.05) is 32.7 Å². The maximum Gasteiger partial charge on any atom is 0.144 e. The Labute approximate surface area is 164 Å². The Kier molecular flexibility index (Phi) is 6.32. The molecule has 0 saturated carbocycles. The molecule has 0 aliphatic carbocycles. The number of methoxy groups -OCH3 is 2. The van der Waals surface area contributed by atoms with E-state index in [9.17, 15) is 5.26 Å². The zero-order valence-electron chi connectivity index (χ0n) is 15.8. The number of nitrogens with zero attached hydrogens (tertiary/aromatic N) is 2. The molecule has 6 heteroatoms. The molecule has 0 radical (unpaired) electrons. The van der Waals surface area contributed by atoms with Gasteiger partial charge in [0, 0.05) is 5.56 Å². The molecule has 0 aliphatic rings. The first-order valence-electron chi connectivity index (χ1n) is 8.80. The number of hydrogen-bond donors (Lipinski definition) is 1. The van der Waals surface area contributed by atoms with Crippen molar-refractivity contribution < 1.29 is 14.2 Å². The standard InChI is InChI=1S/C22H21N3O3/c1-26-18-6-3-16(4-7-18)21-12-5-17(15-23)22(25-21)24-13-14-28-20-10-8-19(27-2)9-11-20/h3-12H,13-14H2,1-2H3,(H,24,25). The maximum absolute atomic E-state index is 9.34. The fourth-order valence-electron chi connectivity index (χ4n) is 2.62. The molecule has 0 aliphatic heterocycles. The van der Waals surface area contributed by atoms with Crippen molar-refractivity contribution >= 4 is 5.82 Å². The quantitative estimate of drug-likeness (QED) is 0.597. The Hall–Kier alpha value is -3.72. The van der Waals surface area contributed by atoms with Crippen LogP contribution in [0.2, 0.25) is 0 Å². The van der Waals surface area contributed by atoms with Crippen molar-refractivity contribution in [2.24, 2.45) is 0 Å². The molecule has 0 fully saturated rings. The van der Waals surface area contributed by atoms with Gasteiger partial charge >= 0.3 is 0 Å². The van der Waals surface area contributed by atoms with E-state index in [-0.39, 0.29) is 0 Å². The number of benzene rings is 2. The van der Waals surface area contributed by atoms with Gasteiger partial charge in [-0.3, -0.25) is 0 Å². The fraction of sp³-hybridized carbons (Fsp3) is 0.182. The summed E-state index contributed by atoms with van der Waals surface area (Å²) in [5.74, 6) is 2.85. The summed E-state index contributed by atoms with van der Waals surface area (Å²) in [6, 6.07) is 20.8. The molecule has 0 saturated heterocycles. The number of nitriles is 1. The van der Waals surface area contributed by atoms with Crippen LogP contribution >= 0.6 is 0 Å². The first-order valence-corrected chi connectivity index (χ1v) is 8.80. The van der Waals surface area contributed by atoms with E-state index in [2.05, 4.69) is 16.4 Å². The highest BCUT2D eigenvalue weighted by molar-refractivity contribution is 5.65. The SMILES string of the molecule is COc1ccc(OCCNc2nc(-c3ccc(OC)cc3)ccc2C#N)cc1. The first kappa shape index (κ1) is 19.1.